The fourth-order valence-electron chi connectivity index (χ4n) is 1.82. The lowest BCUT2D eigenvalue weighted by Gasteiger charge is -2.02. The van der Waals surface area contributed by atoms with E-state index in [2.05, 4.69) is 43.7 Å². The topological polar surface area (TPSA) is 0 Å². The summed E-state index contributed by atoms with van der Waals surface area (Å²) in [4.78, 5) is 0. The van der Waals surface area contributed by atoms with Gasteiger partial charge in [-0.1, -0.05) is 37.3 Å². The van der Waals surface area contributed by atoms with Gasteiger partial charge < -0.3 is 0 Å². The summed E-state index contributed by atoms with van der Waals surface area (Å²) in [5, 5.41) is 0. The van der Waals surface area contributed by atoms with Crippen molar-refractivity contribution in [1.82, 2.24) is 0 Å². The predicted molar refractivity (Wildman–Crippen MR) is 57.3 cm³/mol. The summed E-state index contributed by atoms with van der Waals surface area (Å²) in [5.74, 6) is 0. The Hall–Kier alpha value is -1.04. The third kappa shape index (κ3) is 1.82. The van der Waals surface area contributed by atoms with E-state index in [4.69, 9.17) is 0 Å². The predicted octanol–water partition coefficient (Wildman–Crippen LogP) is 3.83. The Balaban J connectivity index is 2.22. The van der Waals surface area contributed by atoms with Crippen LogP contribution in [-0.2, 0) is 0 Å². The van der Waals surface area contributed by atoms with E-state index in [0.717, 1.165) is 0 Å². The van der Waals surface area contributed by atoms with E-state index in [-0.39, 0.29) is 0 Å². The van der Waals surface area contributed by atoms with Gasteiger partial charge in [-0.3, -0.25) is 0 Å². The molecule has 0 atom stereocenters. The summed E-state index contributed by atoms with van der Waals surface area (Å²) in [6.45, 7) is 2.07. The summed E-state index contributed by atoms with van der Waals surface area (Å²) in [5.41, 5.74) is 4.24. The Morgan fingerprint density at radius 1 is 1.15 bits per heavy atom. The van der Waals surface area contributed by atoms with E-state index in [0.29, 0.717) is 0 Å². The van der Waals surface area contributed by atoms with Crippen LogP contribution >= 0.6 is 0 Å². The van der Waals surface area contributed by atoms with Crippen LogP contribution in [0.5, 0.6) is 0 Å². The van der Waals surface area contributed by atoms with Gasteiger partial charge in [0.1, 0.15) is 0 Å². The Bertz CT molecular complexity index is 303. The summed E-state index contributed by atoms with van der Waals surface area (Å²) >= 11 is 0. The van der Waals surface area contributed by atoms with E-state index in [1.807, 2.05) is 0 Å². The fourth-order valence-corrected chi connectivity index (χ4v) is 1.82. The Morgan fingerprint density at radius 2 is 1.92 bits per heavy atom. The van der Waals surface area contributed by atoms with Crippen LogP contribution in [0.2, 0.25) is 0 Å². The second kappa shape index (κ2) is 3.78. The van der Waals surface area contributed by atoms with Crippen molar-refractivity contribution in [3.8, 4) is 0 Å². The van der Waals surface area contributed by atoms with Crippen LogP contribution in [0.15, 0.2) is 30.3 Å². The molecule has 1 radical (unpaired) electrons. The zero-order valence-corrected chi connectivity index (χ0v) is 8.09. The van der Waals surface area contributed by atoms with Crippen LogP contribution in [0.4, 0.5) is 0 Å². The normalized spacial score (nSPS) is 15.9. The number of allylic oxidation sites excluding steroid dienone is 2. The van der Waals surface area contributed by atoms with Crippen LogP contribution < -0.4 is 0 Å². The lowest BCUT2D eigenvalue weighted by Crippen LogP contribution is -1.82. The molecule has 1 aliphatic rings. The van der Waals surface area contributed by atoms with Gasteiger partial charge in [0.25, 0.3) is 0 Å². The molecule has 1 aliphatic carbocycles. The van der Waals surface area contributed by atoms with Gasteiger partial charge in [-0.05, 0) is 42.4 Å². The maximum atomic E-state index is 2.37. The molecule has 0 N–H and O–H groups in total. The Morgan fingerprint density at radius 3 is 2.46 bits per heavy atom. The van der Waals surface area contributed by atoms with Crippen molar-refractivity contribution in [2.24, 2.45) is 0 Å². The molecular weight excluding hydrogens is 156 g/mol. The maximum absolute atomic E-state index is 2.37. The minimum Gasteiger partial charge on any atom is -0.0807 e. The van der Waals surface area contributed by atoms with Gasteiger partial charge in [-0.25, -0.2) is 0 Å². The molecule has 0 amide bonds. The maximum Gasteiger partial charge on any atom is -0.0124 e. The van der Waals surface area contributed by atoms with Crippen molar-refractivity contribution < 1.29 is 0 Å². The second-order valence-corrected chi connectivity index (χ2v) is 3.53. The highest BCUT2D eigenvalue weighted by Gasteiger charge is 2.05. The standard InChI is InChI=1S/C13H15/c1-2-11-7-9-13(10-8-11)12-5-3-4-6-12/h2,5,7-10H,3-4,6H2,1H3. The molecule has 0 nitrogen and oxygen atoms in total. The summed E-state index contributed by atoms with van der Waals surface area (Å²) in [6, 6.07) is 8.84. The molecule has 13 heavy (non-hydrogen) atoms. The minimum absolute atomic E-state index is 1.26. The van der Waals surface area contributed by atoms with Crippen molar-refractivity contribution in [2.45, 2.75) is 26.2 Å². The van der Waals surface area contributed by atoms with E-state index < -0.39 is 0 Å². The minimum atomic E-state index is 1.26. The third-order valence-corrected chi connectivity index (χ3v) is 2.66. The van der Waals surface area contributed by atoms with Crippen LogP contribution in [0.3, 0.4) is 0 Å². The number of hydrogen-bond donors (Lipinski definition) is 0. The van der Waals surface area contributed by atoms with Gasteiger partial charge in [0, 0.05) is 0 Å². The number of rotatable bonds is 2. The largest absolute Gasteiger partial charge is 0.0807 e. The van der Waals surface area contributed by atoms with Gasteiger partial charge in [-0.2, -0.15) is 0 Å². The van der Waals surface area contributed by atoms with Crippen LogP contribution in [0.1, 0.15) is 37.3 Å². The second-order valence-electron chi connectivity index (χ2n) is 3.53. The molecule has 0 unspecified atom stereocenters. The SMILES string of the molecule is C[CH]c1ccc(C2=CCCC2)cc1. The molecule has 0 saturated heterocycles. The van der Waals surface area contributed by atoms with Gasteiger partial charge in [0.05, 0.1) is 0 Å². The van der Waals surface area contributed by atoms with Crippen LogP contribution in [0, 0.1) is 6.42 Å². The van der Waals surface area contributed by atoms with Crippen molar-refractivity contribution in [3.05, 3.63) is 47.9 Å². The lowest BCUT2D eigenvalue weighted by molar-refractivity contribution is 0.935. The molecular formula is C13H15. The Labute approximate surface area is 80.3 Å². The molecule has 2 rings (SSSR count). The highest BCUT2D eigenvalue weighted by atomic mass is 14.1. The zero-order valence-electron chi connectivity index (χ0n) is 8.09. The van der Waals surface area contributed by atoms with E-state index >= 15 is 0 Å². The average molecular weight is 171 g/mol. The van der Waals surface area contributed by atoms with Crippen LogP contribution in [-0.4, -0.2) is 0 Å². The first-order valence-electron chi connectivity index (χ1n) is 4.99. The number of benzene rings is 1. The number of hydrogen-bond acceptors (Lipinski definition) is 0. The molecule has 0 heterocycles. The molecule has 0 spiro atoms. The first kappa shape index (κ1) is 8.55. The molecule has 0 aromatic heterocycles. The fraction of sp³-hybridized carbons (Fsp3) is 0.308. The first-order valence-corrected chi connectivity index (χ1v) is 4.99. The average Bonchev–Trinajstić information content (AvgIpc) is 2.71. The van der Waals surface area contributed by atoms with Gasteiger partial charge in [0.15, 0.2) is 0 Å². The Kier molecular flexibility index (Phi) is 2.49. The molecule has 67 valence electrons. The quantitative estimate of drug-likeness (QED) is 0.634. The molecule has 0 saturated carbocycles. The molecule has 1 aromatic carbocycles. The van der Waals surface area contributed by atoms with E-state index in [1.54, 1.807) is 0 Å². The molecule has 0 fully saturated rings. The molecule has 0 aliphatic heterocycles. The van der Waals surface area contributed by atoms with Crippen LogP contribution in [0.25, 0.3) is 5.57 Å². The van der Waals surface area contributed by atoms with Crippen molar-refractivity contribution in [2.75, 3.05) is 0 Å². The highest BCUT2D eigenvalue weighted by molar-refractivity contribution is 5.67. The summed E-state index contributed by atoms with van der Waals surface area (Å²) in [7, 11) is 0. The van der Waals surface area contributed by atoms with Gasteiger partial charge in [-0.15, -0.1) is 0 Å². The van der Waals surface area contributed by atoms with E-state index in [9.17, 15) is 0 Å². The molecule has 0 heteroatoms. The smallest absolute Gasteiger partial charge is 0.0124 e. The van der Waals surface area contributed by atoms with Crippen molar-refractivity contribution in [1.29, 1.82) is 0 Å². The lowest BCUT2D eigenvalue weighted by atomic mass is 10.0. The van der Waals surface area contributed by atoms with Crippen molar-refractivity contribution in [3.63, 3.8) is 0 Å². The van der Waals surface area contributed by atoms with Gasteiger partial charge >= 0.3 is 0 Å². The van der Waals surface area contributed by atoms with Gasteiger partial charge in [0.2, 0.25) is 0 Å². The zero-order chi connectivity index (χ0) is 9.10. The highest BCUT2D eigenvalue weighted by Crippen LogP contribution is 2.27. The monoisotopic (exact) mass is 171 g/mol. The summed E-state index contributed by atoms with van der Waals surface area (Å²) < 4.78 is 0. The molecule has 0 bridgehead atoms. The van der Waals surface area contributed by atoms with E-state index in [1.165, 1.54) is 36.0 Å². The first-order chi connectivity index (χ1) is 6.40. The third-order valence-electron chi connectivity index (χ3n) is 2.66. The van der Waals surface area contributed by atoms with Crippen molar-refractivity contribution >= 4 is 5.57 Å². The summed E-state index contributed by atoms with van der Waals surface area (Å²) in [6.07, 6.45) is 8.35. The molecule has 1 aromatic rings.